The normalized spacial score (nSPS) is 12.5. The van der Waals surface area contributed by atoms with E-state index in [1.165, 1.54) is 4.90 Å². The van der Waals surface area contributed by atoms with Gasteiger partial charge in [0, 0.05) is 28.5 Å². The van der Waals surface area contributed by atoms with Gasteiger partial charge in [-0.15, -0.1) is 0 Å². The Hall–Kier alpha value is -3.07. The van der Waals surface area contributed by atoms with E-state index in [1.807, 2.05) is 70.2 Å². The number of carbonyl (C=O) groups excluding carboxylic acids is 2. The zero-order chi connectivity index (χ0) is 30.4. The molecule has 0 unspecified atom stereocenters. The molecule has 0 aliphatic rings. The van der Waals surface area contributed by atoms with E-state index >= 15 is 0 Å². The number of nitrogens with zero attached hydrogens (tertiary/aromatic N) is 2. The standard InChI is InChI=1S/C31H37Cl2N3O4S/c1-6-23-14-10-11-15-27(23)36(41(5,39)40)21-29(37)35(20-24-16-17-25(32)19-26(24)33)28(30(38)34-31(2,3)4)18-22-12-8-7-9-13-22/h7-17,19,28H,6,18,20-21H2,1-5H3,(H,34,38)/t28-/m0/s1. The molecule has 1 N–H and O–H groups in total. The molecule has 0 radical (unpaired) electrons. The summed E-state index contributed by atoms with van der Waals surface area (Å²) in [7, 11) is -3.86. The molecule has 0 spiro atoms. The molecule has 3 aromatic carbocycles. The van der Waals surface area contributed by atoms with E-state index in [9.17, 15) is 18.0 Å². The summed E-state index contributed by atoms with van der Waals surface area (Å²) < 4.78 is 27.2. The van der Waals surface area contributed by atoms with Crippen molar-refractivity contribution in [2.75, 3.05) is 17.1 Å². The van der Waals surface area contributed by atoms with Gasteiger partial charge >= 0.3 is 0 Å². The maximum Gasteiger partial charge on any atom is 0.244 e. The molecule has 0 aliphatic carbocycles. The quantitative estimate of drug-likeness (QED) is 0.291. The average molecular weight is 619 g/mol. The Morgan fingerprint density at radius 2 is 1.56 bits per heavy atom. The average Bonchev–Trinajstić information content (AvgIpc) is 2.89. The maximum absolute atomic E-state index is 14.2. The monoisotopic (exact) mass is 617 g/mol. The van der Waals surface area contributed by atoms with E-state index in [0.29, 0.717) is 27.7 Å². The lowest BCUT2D eigenvalue weighted by molar-refractivity contribution is -0.140. The van der Waals surface area contributed by atoms with Gasteiger partial charge in [-0.25, -0.2) is 8.42 Å². The van der Waals surface area contributed by atoms with Crippen molar-refractivity contribution in [3.05, 3.63) is 99.5 Å². The first-order valence-electron chi connectivity index (χ1n) is 13.3. The second kappa shape index (κ2) is 13.7. The molecule has 0 aromatic heterocycles. The molecular weight excluding hydrogens is 581 g/mol. The number of benzene rings is 3. The predicted molar refractivity (Wildman–Crippen MR) is 167 cm³/mol. The lowest BCUT2D eigenvalue weighted by Crippen LogP contribution is -2.56. The van der Waals surface area contributed by atoms with E-state index in [2.05, 4.69) is 5.32 Å². The number of amides is 2. The van der Waals surface area contributed by atoms with Gasteiger partial charge in [-0.3, -0.25) is 13.9 Å². The smallest absolute Gasteiger partial charge is 0.244 e. The Morgan fingerprint density at radius 3 is 2.15 bits per heavy atom. The van der Waals surface area contributed by atoms with Crippen LogP contribution < -0.4 is 9.62 Å². The summed E-state index contributed by atoms with van der Waals surface area (Å²) in [6, 6.07) is 20.4. The molecule has 1 atom stereocenters. The van der Waals surface area contributed by atoms with Gasteiger partial charge in [0.2, 0.25) is 21.8 Å². The Kier molecular flexibility index (Phi) is 10.9. The fourth-order valence-corrected chi connectivity index (χ4v) is 5.84. The Morgan fingerprint density at radius 1 is 0.927 bits per heavy atom. The maximum atomic E-state index is 14.2. The molecule has 3 aromatic rings. The lowest BCUT2D eigenvalue weighted by atomic mass is 10.0. The third-order valence-corrected chi connectivity index (χ3v) is 8.16. The summed E-state index contributed by atoms with van der Waals surface area (Å²) in [4.78, 5) is 29.4. The van der Waals surface area contributed by atoms with Gasteiger partial charge in [-0.05, 0) is 62.1 Å². The zero-order valence-electron chi connectivity index (χ0n) is 24.0. The van der Waals surface area contributed by atoms with Crippen LogP contribution in [0.3, 0.4) is 0 Å². The first-order chi connectivity index (χ1) is 19.2. The van der Waals surface area contributed by atoms with Gasteiger partial charge in [0.15, 0.2) is 0 Å². The zero-order valence-corrected chi connectivity index (χ0v) is 26.4. The van der Waals surface area contributed by atoms with E-state index in [0.717, 1.165) is 21.7 Å². The number of nitrogens with one attached hydrogen (secondary N) is 1. The number of hydrogen-bond donors (Lipinski definition) is 1. The number of halogens is 2. The molecule has 0 heterocycles. The highest BCUT2D eigenvalue weighted by molar-refractivity contribution is 7.92. The summed E-state index contributed by atoms with van der Waals surface area (Å²) in [6.45, 7) is 6.98. The minimum atomic E-state index is -3.86. The summed E-state index contributed by atoms with van der Waals surface area (Å²) >= 11 is 12.6. The van der Waals surface area contributed by atoms with Crippen LogP contribution in [0, 0.1) is 0 Å². The van der Waals surface area contributed by atoms with E-state index < -0.39 is 34.1 Å². The first kappa shape index (κ1) is 32.4. The lowest BCUT2D eigenvalue weighted by Gasteiger charge is -2.35. The highest BCUT2D eigenvalue weighted by atomic mass is 35.5. The van der Waals surface area contributed by atoms with Crippen molar-refractivity contribution in [1.82, 2.24) is 10.2 Å². The highest BCUT2D eigenvalue weighted by Gasteiger charge is 2.35. The molecule has 10 heteroatoms. The number of rotatable bonds is 11. The van der Waals surface area contributed by atoms with E-state index in [1.54, 1.807) is 30.3 Å². The Balaban J connectivity index is 2.12. The number of anilines is 1. The van der Waals surface area contributed by atoms with Crippen LogP contribution in [-0.2, 0) is 39.0 Å². The molecule has 220 valence electrons. The van der Waals surface area contributed by atoms with Crippen molar-refractivity contribution in [3.63, 3.8) is 0 Å². The fraction of sp³-hybridized carbons (Fsp3) is 0.355. The first-order valence-corrected chi connectivity index (χ1v) is 15.9. The number of para-hydroxylation sites is 1. The molecule has 0 fully saturated rings. The van der Waals surface area contributed by atoms with Crippen LogP contribution in [0.15, 0.2) is 72.8 Å². The summed E-state index contributed by atoms with van der Waals surface area (Å²) in [5.74, 6) is -0.906. The van der Waals surface area contributed by atoms with Crippen LogP contribution in [0.2, 0.25) is 10.0 Å². The minimum Gasteiger partial charge on any atom is -0.350 e. The molecule has 0 aliphatic heterocycles. The molecule has 3 rings (SSSR count). The molecule has 0 saturated heterocycles. The number of carbonyl (C=O) groups is 2. The number of aryl methyl sites for hydroxylation is 1. The van der Waals surface area contributed by atoms with Gasteiger partial charge in [0.25, 0.3) is 0 Å². The van der Waals surface area contributed by atoms with Crippen molar-refractivity contribution in [3.8, 4) is 0 Å². The van der Waals surface area contributed by atoms with E-state index in [-0.39, 0.29) is 18.9 Å². The third kappa shape index (κ3) is 9.21. The number of sulfonamides is 1. The van der Waals surface area contributed by atoms with Gasteiger partial charge in [0.05, 0.1) is 11.9 Å². The topological polar surface area (TPSA) is 86.8 Å². The number of hydrogen-bond acceptors (Lipinski definition) is 4. The van der Waals surface area contributed by atoms with Gasteiger partial charge in [0.1, 0.15) is 12.6 Å². The summed E-state index contributed by atoms with van der Waals surface area (Å²) in [5.41, 5.74) is 2.06. The fourth-order valence-electron chi connectivity index (χ4n) is 4.49. The van der Waals surface area contributed by atoms with Crippen LogP contribution in [0.1, 0.15) is 44.4 Å². The van der Waals surface area contributed by atoms with Crippen LogP contribution >= 0.6 is 23.2 Å². The molecule has 0 bridgehead atoms. The molecule has 0 saturated carbocycles. The van der Waals surface area contributed by atoms with Crippen LogP contribution in [-0.4, -0.2) is 49.5 Å². The van der Waals surface area contributed by atoms with Crippen LogP contribution in [0.25, 0.3) is 0 Å². The van der Waals surface area contributed by atoms with Crippen molar-refractivity contribution in [2.24, 2.45) is 0 Å². The molecule has 2 amide bonds. The summed E-state index contributed by atoms with van der Waals surface area (Å²) in [5, 5.41) is 3.77. The molecule has 41 heavy (non-hydrogen) atoms. The molecular formula is C31H37Cl2N3O4S. The minimum absolute atomic E-state index is 0.0308. The Bertz CT molecular complexity index is 1470. The van der Waals surface area contributed by atoms with Gasteiger partial charge < -0.3 is 10.2 Å². The van der Waals surface area contributed by atoms with Crippen LogP contribution in [0.5, 0.6) is 0 Å². The predicted octanol–water partition coefficient (Wildman–Crippen LogP) is 5.88. The van der Waals surface area contributed by atoms with Crippen molar-refractivity contribution < 1.29 is 18.0 Å². The van der Waals surface area contributed by atoms with E-state index in [4.69, 9.17) is 23.2 Å². The SMILES string of the molecule is CCc1ccccc1N(CC(=O)N(Cc1ccc(Cl)cc1Cl)[C@@H](Cc1ccccc1)C(=O)NC(C)(C)C)S(C)(=O)=O. The van der Waals surface area contributed by atoms with Crippen LogP contribution in [0.4, 0.5) is 5.69 Å². The van der Waals surface area contributed by atoms with Gasteiger partial charge in [-0.1, -0.05) is 84.7 Å². The summed E-state index contributed by atoms with van der Waals surface area (Å²) in [6.07, 6.45) is 1.86. The highest BCUT2D eigenvalue weighted by Crippen LogP contribution is 2.27. The van der Waals surface area contributed by atoms with Crippen molar-refractivity contribution in [1.29, 1.82) is 0 Å². The second-order valence-corrected chi connectivity index (χ2v) is 13.7. The molecule has 7 nitrogen and oxygen atoms in total. The largest absolute Gasteiger partial charge is 0.350 e. The van der Waals surface area contributed by atoms with Gasteiger partial charge in [-0.2, -0.15) is 0 Å². The second-order valence-electron chi connectivity index (χ2n) is 11.0. The van der Waals surface area contributed by atoms with Crippen molar-refractivity contribution >= 4 is 50.7 Å². The Labute approximate surface area is 253 Å². The third-order valence-electron chi connectivity index (χ3n) is 6.45. The van der Waals surface area contributed by atoms with Crippen molar-refractivity contribution in [2.45, 2.75) is 58.7 Å².